The van der Waals surface area contributed by atoms with Crippen molar-refractivity contribution >= 4 is 11.3 Å². The van der Waals surface area contributed by atoms with E-state index in [2.05, 4.69) is 9.88 Å². The molecule has 2 rings (SSSR count). The molecule has 72 valence electrons. The first-order valence-corrected chi connectivity index (χ1v) is 5.43. The molecule has 0 radical (unpaired) electrons. The van der Waals surface area contributed by atoms with E-state index in [0.717, 1.165) is 31.7 Å². The molecule has 1 aliphatic heterocycles. The van der Waals surface area contributed by atoms with Gasteiger partial charge in [0.15, 0.2) is 0 Å². The Bertz CT molecular complexity index is 287. The Morgan fingerprint density at radius 3 is 3.15 bits per heavy atom. The third kappa shape index (κ3) is 2.07. The lowest BCUT2D eigenvalue weighted by Crippen LogP contribution is -2.21. The van der Waals surface area contributed by atoms with Crippen molar-refractivity contribution in [1.82, 2.24) is 9.88 Å². The van der Waals surface area contributed by atoms with Crippen LogP contribution in [0.25, 0.3) is 0 Å². The van der Waals surface area contributed by atoms with Crippen molar-refractivity contribution < 1.29 is 5.11 Å². The molecule has 1 atom stereocenters. The molecule has 1 saturated heterocycles. The molecule has 0 aliphatic carbocycles. The molecule has 0 saturated carbocycles. The van der Waals surface area contributed by atoms with Crippen molar-refractivity contribution in [2.24, 2.45) is 0 Å². The quantitative estimate of drug-likeness (QED) is 0.770. The van der Waals surface area contributed by atoms with Crippen molar-refractivity contribution in [3.63, 3.8) is 0 Å². The van der Waals surface area contributed by atoms with Gasteiger partial charge in [-0.1, -0.05) is 0 Å². The molecule has 2 heterocycles. The number of aryl methyl sites for hydroxylation is 1. The third-order valence-electron chi connectivity index (χ3n) is 2.46. The molecule has 3 nitrogen and oxygen atoms in total. The summed E-state index contributed by atoms with van der Waals surface area (Å²) in [7, 11) is 0. The van der Waals surface area contributed by atoms with Crippen LogP contribution < -0.4 is 0 Å². The van der Waals surface area contributed by atoms with Crippen LogP contribution in [-0.2, 0) is 6.54 Å². The number of aliphatic hydroxyl groups excluding tert-OH is 1. The van der Waals surface area contributed by atoms with Gasteiger partial charge in [-0.05, 0) is 13.3 Å². The number of hydrogen-bond donors (Lipinski definition) is 1. The second kappa shape index (κ2) is 3.74. The summed E-state index contributed by atoms with van der Waals surface area (Å²) < 4.78 is 0. The Kier molecular flexibility index (Phi) is 2.62. The van der Waals surface area contributed by atoms with Crippen LogP contribution in [0, 0.1) is 6.92 Å². The number of rotatable bonds is 2. The fraction of sp³-hybridized carbons (Fsp3) is 0.667. The van der Waals surface area contributed by atoms with Crippen molar-refractivity contribution in [1.29, 1.82) is 0 Å². The van der Waals surface area contributed by atoms with E-state index in [0.29, 0.717) is 0 Å². The Balaban J connectivity index is 1.95. The molecule has 0 amide bonds. The van der Waals surface area contributed by atoms with E-state index in [9.17, 15) is 5.11 Å². The molecular weight excluding hydrogens is 184 g/mol. The van der Waals surface area contributed by atoms with E-state index in [4.69, 9.17) is 0 Å². The Labute approximate surface area is 82.0 Å². The smallest absolute Gasteiger partial charge is 0.0798 e. The van der Waals surface area contributed by atoms with Crippen LogP contribution in [0.3, 0.4) is 0 Å². The van der Waals surface area contributed by atoms with Gasteiger partial charge < -0.3 is 5.11 Å². The van der Waals surface area contributed by atoms with Crippen molar-refractivity contribution in [3.8, 4) is 0 Å². The number of hydrogen-bond acceptors (Lipinski definition) is 4. The second-order valence-corrected chi connectivity index (χ2v) is 4.48. The van der Waals surface area contributed by atoms with Gasteiger partial charge in [0.2, 0.25) is 0 Å². The fourth-order valence-electron chi connectivity index (χ4n) is 1.64. The molecule has 1 N–H and O–H groups in total. The Morgan fingerprint density at radius 2 is 2.62 bits per heavy atom. The van der Waals surface area contributed by atoms with Crippen molar-refractivity contribution in [3.05, 3.63) is 16.1 Å². The highest BCUT2D eigenvalue weighted by molar-refractivity contribution is 7.09. The van der Waals surface area contributed by atoms with Gasteiger partial charge in [-0.2, -0.15) is 0 Å². The first-order chi connectivity index (χ1) is 6.25. The summed E-state index contributed by atoms with van der Waals surface area (Å²) >= 11 is 1.70. The van der Waals surface area contributed by atoms with Crippen LogP contribution in [0.15, 0.2) is 5.51 Å². The largest absolute Gasteiger partial charge is 0.392 e. The first-order valence-electron chi connectivity index (χ1n) is 4.55. The van der Waals surface area contributed by atoms with Crippen molar-refractivity contribution in [2.75, 3.05) is 13.1 Å². The molecule has 1 aromatic heterocycles. The highest BCUT2D eigenvalue weighted by Gasteiger charge is 2.20. The number of β-amino-alcohol motifs (C(OH)–C–C–N with tert-alkyl or cyclic N) is 1. The molecule has 4 heteroatoms. The topological polar surface area (TPSA) is 36.4 Å². The first kappa shape index (κ1) is 9.12. The number of thiazole rings is 1. The standard InChI is InChI=1S/C9H14N2OS/c1-7-9(13-6-10-7)5-11-3-2-8(12)4-11/h6,8,12H,2-5H2,1H3/t8-/m1/s1. The average molecular weight is 198 g/mol. The minimum Gasteiger partial charge on any atom is -0.392 e. The lowest BCUT2D eigenvalue weighted by Gasteiger charge is -2.13. The summed E-state index contributed by atoms with van der Waals surface area (Å²) in [6, 6.07) is 0. The zero-order chi connectivity index (χ0) is 9.26. The van der Waals surface area contributed by atoms with Crippen LogP contribution in [0.4, 0.5) is 0 Å². The number of aromatic nitrogens is 1. The number of nitrogens with zero attached hydrogens (tertiary/aromatic N) is 2. The SMILES string of the molecule is Cc1ncsc1CN1CC[C@@H](O)C1. The molecule has 0 aromatic carbocycles. The van der Waals surface area contributed by atoms with Gasteiger partial charge in [-0.15, -0.1) is 11.3 Å². The summed E-state index contributed by atoms with van der Waals surface area (Å²) in [5.41, 5.74) is 3.02. The Hall–Kier alpha value is -0.450. The van der Waals surface area contributed by atoms with Crippen LogP contribution >= 0.6 is 11.3 Å². The molecule has 0 spiro atoms. The molecule has 1 fully saturated rings. The monoisotopic (exact) mass is 198 g/mol. The summed E-state index contributed by atoms with van der Waals surface area (Å²) in [4.78, 5) is 7.82. The molecule has 0 unspecified atom stereocenters. The van der Waals surface area contributed by atoms with E-state index in [1.54, 1.807) is 11.3 Å². The van der Waals surface area contributed by atoms with E-state index in [1.165, 1.54) is 4.88 Å². The van der Waals surface area contributed by atoms with Gasteiger partial charge >= 0.3 is 0 Å². The minimum absolute atomic E-state index is 0.117. The van der Waals surface area contributed by atoms with Gasteiger partial charge in [0.1, 0.15) is 0 Å². The zero-order valence-corrected chi connectivity index (χ0v) is 8.55. The van der Waals surface area contributed by atoms with Gasteiger partial charge in [-0.3, -0.25) is 4.90 Å². The second-order valence-electron chi connectivity index (χ2n) is 3.54. The zero-order valence-electron chi connectivity index (χ0n) is 7.73. The van der Waals surface area contributed by atoms with Crippen LogP contribution in [0.5, 0.6) is 0 Å². The Morgan fingerprint density at radius 1 is 1.77 bits per heavy atom. The van der Waals surface area contributed by atoms with Gasteiger partial charge in [0.05, 0.1) is 17.3 Å². The maximum absolute atomic E-state index is 9.34. The highest BCUT2D eigenvalue weighted by Crippen LogP contribution is 2.18. The van der Waals surface area contributed by atoms with Crippen LogP contribution in [0.2, 0.25) is 0 Å². The average Bonchev–Trinajstić information content (AvgIpc) is 2.64. The van der Waals surface area contributed by atoms with Crippen LogP contribution in [-0.4, -0.2) is 34.2 Å². The van der Waals surface area contributed by atoms with E-state index in [-0.39, 0.29) is 6.10 Å². The summed E-state index contributed by atoms with van der Waals surface area (Å²) in [5.74, 6) is 0. The van der Waals surface area contributed by atoms with Gasteiger partial charge in [-0.25, -0.2) is 4.98 Å². The van der Waals surface area contributed by atoms with Gasteiger partial charge in [0.25, 0.3) is 0 Å². The van der Waals surface area contributed by atoms with E-state index >= 15 is 0 Å². The third-order valence-corrected chi connectivity index (χ3v) is 3.38. The molecule has 1 aromatic rings. The highest BCUT2D eigenvalue weighted by atomic mass is 32.1. The molecule has 1 aliphatic rings. The summed E-state index contributed by atoms with van der Waals surface area (Å²) in [5, 5.41) is 9.34. The molecule has 13 heavy (non-hydrogen) atoms. The van der Waals surface area contributed by atoms with Crippen LogP contribution in [0.1, 0.15) is 17.0 Å². The normalized spacial score (nSPS) is 24.0. The maximum Gasteiger partial charge on any atom is 0.0798 e. The van der Waals surface area contributed by atoms with E-state index < -0.39 is 0 Å². The predicted molar refractivity (Wildman–Crippen MR) is 52.8 cm³/mol. The molecular formula is C9H14N2OS. The van der Waals surface area contributed by atoms with Gasteiger partial charge in [0, 0.05) is 24.5 Å². The maximum atomic E-state index is 9.34. The predicted octanol–water partition coefficient (Wildman–Crippen LogP) is 1.02. The number of likely N-dealkylation sites (tertiary alicyclic amines) is 1. The van der Waals surface area contributed by atoms with Crippen molar-refractivity contribution in [2.45, 2.75) is 26.0 Å². The minimum atomic E-state index is -0.117. The lowest BCUT2D eigenvalue weighted by molar-refractivity contribution is 0.175. The number of aliphatic hydroxyl groups is 1. The molecule has 0 bridgehead atoms. The summed E-state index contributed by atoms with van der Waals surface area (Å²) in [6.45, 7) is 4.82. The van der Waals surface area contributed by atoms with E-state index in [1.807, 2.05) is 12.4 Å². The fourth-order valence-corrected chi connectivity index (χ4v) is 2.46. The lowest BCUT2D eigenvalue weighted by atomic mass is 10.3. The summed E-state index contributed by atoms with van der Waals surface area (Å²) in [6.07, 6.45) is 0.797.